The van der Waals surface area contributed by atoms with Crippen LogP contribution < -0.4 is 10.1 Å². The fourth-order valence-electron chi connectivity index (χ4n) is 2.69. The molecular formula is C19H19N3O3. The van der Waals surface area contributed by atoms with Crippen molar-refractivity contribution < 1.29 is 14.3 Å². The van der Waals surface area contributed by atoms with E-state index < -0.39 is 11.7 Å². The summed E-state index contributed by atoms with van der Waals surface area (Å²) in [5.74, 6) is -0.611. The van der Waals surface area contributed by atoms with Gasteiger partial charge in [-0.25, -0.2) is 4.98 Å². The number of aromatic nitrogens is 2. The number of amides is 1. The Morgan fingerprint density at radius 1 is 1.20 bits per heavy atom. The summed E-state index contributed by atoms with van der Waals surface area (Å²) in [6.07, 6.45) is 3.34. The predicted molar refractivity (Wildman–Crippen MR) is 95.2 cm³/mol. The van der Waals surface area contributed by atoms with Gasteiger partial charge in [-0.05, 0) is 30.2 Å². The second kappa shape index (κ2) is 6.76. The summed E-state index contributed by atoms with van der Waals surface area (Å²) < 4.78 is 6.92. The number of hydrogen-bond donors (Lipinski definition) is 1. The lowest BCUT2D eigenvalue weighted by molar-refractivity contribution is -0.112. The van der Waals surface area contributed by atoms with Crippen LogP contribution in [0, 0.1) is 0 Å². The minimum atomic E-state index is -0.696. The highest BCUT2D eigenvalue weighted by atomic mass is 16.5. The van der Waals surface area contributed by atoms with Crippen molar-refractivity contribution in [3.05, 3.63) is 60.0 Å². The fraction of sp³-hybridized carbons (Fsp3) is 0.211. The zero-order valence-electron chi connectivity index (χ0n) is 14.3. The SMILES string of the molecule is COc1ccc(NC(=O)C(=O)c2cc(C(C)C)n3ccccc23)cn1. The molecule has 0 radical (unpaired) electrons. The molecule has 0 saturated heterocycles. The van der Waals surface area contributed by atoms with E-state index in [0.717, 1.165) is 11.2 Å². The van der Waals surface area contributed by atoms with Crippen molar-refractivity contribution in [2.75, 3.05) is 12.4 Å². The number of nitrogens with zero attached hydrogens (tertiary/aromatic N) is 2. The highest BCUT2D eigenvalue weighted by molar-refractivity contribution is 6.47. The smallest absolute Gasteiger partial charge is 0.296 e. The lowest BCUT2D eigenvalue weighted by Gasteiger charge is -2.05. The number of nitrogens with one attached hydrogen (secondary N) is 1. The summed E-state index contributed by atoms with van der Waals surface area (Å²) >= 11 is 0. The summed E-state index contributed by atoms with van der Waals surface area (Å²) in [6, 6.07) is 10.6. The maximum Gasteiger partial charge on any atom is 0.296 e. The van der Waals surface area contributed by atoms with Crippen LogP contribution in [0.15, 0.2) is 48.8 Å². The van der Waals surface area contributed by atoms with Gasteiger partial charge in [-0.2, -0.15) is 0 Å². The number of carbonyl (C=O) groups excluding carboxylic acids is 2. The number of ether oxygens (including phenoxy) is 1. The molecule has 3 rings (SSSR count). The summed E-state index contributed by atoms with van der Waals surface area (Å²) in [5, 5.41) is 2.58. The molecular weight excluding hydrogens is 318 g/mol. The fourth-order valence-corrected chi connectivity index (χ4v) is 2.69. The Morgan fingerprint density at radius 2 is 2.00 bits per heavy atom. The Hall–Kier alpha value is -3.15. The Balaban J connectivity index is 1.89. The molecule has 3 heterocycles. The van der Waals surface area contributed by atoms with Gasteiger partial charge in [0.05, 0.1) is 30.1 Å². The van der Waals surface area contributed by atoms with E-state index >= 15 is 0 Å². The molecule has 3 aromatic rings. The molecule has 6 heteroatoms. The lowest BCUT2D eigenvalue weighted by atomic mass is 10.1. The number of Topliss-reactive ketones (excluding diaryl/α,β-unsaturated/α-hetero) is 1. The van der Waals surface area contributed by atoms with Gasteiger partial charge in [0.25, 0.3) is 11.7 Å². The average molecular weight is 337 g/mol. The van der Waals surface area contributed by atoms with Crippen LogP contribution in [-0.2, 0) is 4.79 Å². The zero-order valence-corrected chi connectivity index (χ0v) is 14.3. The van der Waals surface area contributed by atoms with Crippen LogP contribution in [0.5, 0.6) is 5.88 Å². The van der Waals surface area contributed by atoms with E-state index in [9.17, 15) is 9.59 Å². The normalized spacial score (nSPS) is 10.9. The summed E-state index contributed by atoms with van der Waals surface area (Å²) in [6.45, 7) is 4.10. The topological polar surface area (TPSA) is 72.7 Å². The quantitative estimate of drug-likeness (QED) is 0.573. The summed E-state index contributed by atoms with van der Waals surface area (Å²) in [4.78, 5) is 29.0. The van der Waals surface area contributed by atoms with Gasteiger partial charge in [0, 0.05) is 18.0 Å². The number of hydrogen-bond acceptors (Lipinski definition) is 4. The van der Waals surface area contributed by atoms with E-state index in [1.807, 2.05) is 42.6 Å². The maximum absolute atomic E-state index is 12.7. The van der Waals surface area contributed by atoms with Gasteiger partial charge in [0.15, 0.2) is 0 Å². The molecule has 0 bridgehead atoms. The largest absolute Gasteiger partial charge is 0.481 e. The van der Waals surface area contributed by atoms with E-state index in [1.165, 1.54) is 13.3 Å². The Bertz CT molecular complexity index is 927. The van der Waals surface area contributed by atoms with Gasteiger partial charge in [0.2, 0.25) is 5.88 Å². The predicted octanol–water partition coefficient (Wildman–Crippen LogP) is 3.29. The summed E-state index contributed by atoms with van der Waals surface area (Å²) in [5.41, 5.74) is 2.53. The minimum absolute atomic E-state index is 0.227. The second-order valence-corrected chi connectivity index (χ2v) is 5.97. The third kappa shape index (κ3) is 3.24. The molecule has 0 aliphatic rings. The van der Waals surface area contributed by atoms with Gasteiger partial charge >= 0.3 is 0 Å². The minimum Gasteiger partial charge on any atom is -0.481 e. The first kappa shape index (κ1) is 16.7. The van der Waals surface area contributed by atoms with Crippen molar-refractivity contribution in [3.63, 3.8) is 0 Å². The molecule has 3 aromatic heterocycles. The van der Waals surface area contributed by atoms with Crippen molar-refractivity contribution in [3.8, 4) is 5.88 Å². The van der Waals surface area contributed by atoms with Crippen LogP contribution in [-0.4, -0.2) is 28.2 Å². The molecule has 1 amide bonds. The Kier molecular flexibility index (Phi) is 4.52. The number of rotatable bonds is 5. The molecule has 25 heavy (non-hydrogen) atoms. The molecule has 1 N–H and O–H groups in total. The first-order valence-corrected chi connectivity index (χ1v) is 7.97. The van der Waals surface area contributed by atoms with Gasteiger partial charge in [-0.15, -0.1) is 0 Å². The van der Waals surface area contributed by atoms with E-state index in [1.54, 1.807) is 18.2 Å². The maximum atomic E-state index is 12.7. The van der Waals surface area contributed by atoms with Crippen molar-refractivity contribution in [1.82, 2.24) is 9.38 Å². The van der Waals surface area contributed by atoms with Crippen molar-refractivity contribution in [2.45, 2.75) is 19.8 Å². The van der Waals surface area contributed by atoms with Gasteiger partial charge < -0.3 is 14.5 Å². The molecule has 128 valence electrons. The molecule has 0 atom stereocenters. The van der Waals surface area contributed by atoms with Crippen LogP contribution in [0.1, 0.15) is 35.8 Å². The second-order valence-electron chi connectivity index (χ2n) is 5.97. The standard InChI is InChI=1S/C19H19N3O3/c1-12(2)16-10-14(15-6-4-5-9-22(15)16)18(23)19(24)21-13-7-8-17(25-3)20-11-13/h4-12H,1-3H3,(H,21,24). The Labute approximate surface area is 145 Å². The van der Waals surface area contributed by atoms with Crippen molar-refractivity contribution in [1.29, 1.82) is 0 Å². The molecule has 0 saturated carbocycles. The van der Waals surface area contributed by atoms with E-state index in [-0.39, 0.29) is 5.92 Å². The molecule has 0 aliphatic heterocycles. The third-order valence-electron chi connectivity index (χ3n) is 3.95. The van der Waals surface area contributed by atoms with Crippen molar-refractivity contribution >= 4 is 22.9 Å². The molecule has 0 aromatic carbocycles. The molecule has 6 nitrogen and oxygen atoms in total. The highest BCUT2D eigenvalue weighted by Crippen LogP contribution is 2.24. The van der Waals surface area contributed by atoms with Gasteiger partial charge in [-0.3, -0.25) is 9.59 Å². The van der Waals surface area contributed by atoms with E-state index in [0.29, 0.717) is 17.1 Å². The van der Waals surface area contributed by atoms with Gasteiger partial charge in [0.1, 0.15) is 0 Å². The van der Waals surface area contributed by atoms with Crippen molar-refractivity contribution in [2.24, 2.45) is 0 Å². The molecule has 0 unspecified atom stereocenters. The number of methoxy groups -OCH3 is 1. The van der Waals surface area contributed by atoms with Crippen LogP contribution >= 0.6 is 0 Å². The number of pyridine rings is 2. The van der Waals surface area contributed by atoms with Crippen LogP contribution in [0.25, 0.3) is 5.52 Å². The first-order chi connectivity index (χ1) is 12.0. The highest BCUT2D eigenvalue weighted by Gasteiger charge is 2.22. The van der Waals surface area contributed by atoms with Gasteiger partial charge in [-0.1, -0.05) is 19.9 Å². The molecule has 0 fully saturated rings. The summed E-state index contributed by atoms with van der Waals surface area (Å²) in [7, 11) is 1.51. The van der Waals surface area contributed by atoms with Crippen LogP contribution in [0.4, 0.5) is 5.69 Å². The van der Waals surface area contributed by atoms with E-state index in [2.05, 4.69) is 10.3 Å². The monoisotopic (exact) mass is 337 g/mol. The number of anilines is 1. The third-order valence-corrected chi connectivity index (χ3v) is 3.95. The number of fused-ring (bicyclic) bond motifs is 1. The van der Waals surface area contributed by atoms with Crippen LogP contribution in [0.3, 0.4) is 0 Å². The molecule has 0 aliphatic carbocycles. The average Bonchev–Trinajstić information content (AvgIpc) is 3.01. The Morgan fingerprint density at radius 3 is 2.64 bits per heavy atom. The van der Waals surface area contributed by atoms with Crippen LogP contribution in [0.2, 0.25) is 0 Å². The molecule has 0 spiro atoms. The zero-order chi connectivity index (χ0) is 18.0. The number of ketones is 1. The van der Waals surface area contributed by atoms with E-state index in [4.69, 9.17) is 4.74 Å². The number of carbonyl (C=O) groups is 2. The lowest BCUT2D eigenvalue weighted by Crippen LogP contribution is -2.22. The first-order valence-electron chi connectivity index (χ1n) is 7.97.